The molecule has 7 heteroatoms. The molecule has 106 valence electrons. The van der Waals surface area contributed by atoms with Gasteiger partial charge >= 0.3 is 0 Å². The van der Waals surface area contributed by atoms with Crippen molar-refractivity contribution in [1.82, 2.24) is 9.80 Å². The number of nitrogens with two attached hydrogens (primary N) is 1. The van der Waals surface area contributed by atoms with Gasteiger partial charge in [0.05, 0.1) is 6.54 Å². The van der Waals surface area contributed by atoms with Crippen LogP contribution in [-0.4, -0.2) is 58.4 Å². The van der Waals surface area contributed by atoms with Crippen LogP contribution < -0.4 is 5.73 Å². The molecule has 3 amide bonds. The highest BCUT2D eigenvalue weighted by molar-refractivity contribution is 7.80. The lowest BCUT2D eigenvalue weighted by Gasteiger charge is -2.33. The number of nitrogens with zero attached hydrogens (tertiary/aromatic N) is 2. The number of rotatable bonds is 4. The maximum Gasteiger partial charge on any atom is 0.249 e. The van der Waals surface area contributed by atoms with Gasteiger partial charge in [0.1, 0.15) is 5.54 Å². The molecule has 2 heterocycles. The molecule has 6 nitrogen and oxygen atoms in total. The zero-order valence-electron chi connectivity index (χ0n) is 10.8. The summed E-state index contributed by atoms with van der Waals surface area (Å²) in [5, 5.41) is 0. The van der Waals surface area contributed by atoms with Crippen LogP contribution in [-0.2, 0) is 14.4 Å². The molecule has 1 atom stereocenters. The Morgan fingerprint density at radius 2 is 2.05 bits per heavy atom. The van der Waals surface area contributed by atoms with E-state index in [9.17, 15) is 14.4 Å². The SMILES string of the molecule is NC(=O)CN1CCC2(CCCN2C(=O)CCS)C1=O. The number of carbonyl (C=O) groups excluding carboxylic acids is 3. The van der Waals surface area contributed by atoms with Crippen molar-refractivity contribution in [3.05, 3.63) is 0 Å². The van der Waals surface area contributed by atoms with Gasteiger partial charge in [0.25, 0.3) is 0 Å². The molecule has 2 rings (SSSR count). The van der Waals surface area contributed by atoms with E-state index in [1.54, 1.807) is 4.90 Å². The fourth-order valence-electron chi connectivity index (χ4n) is 3.12. The third-order valence-corrected chi connectivity index (χ3v) is 4.17. The highest BCUT2D eigenvalue weighted by Crippen LogP contribution is 2.39. The van der Waals surface area contributed by atoms with Gasteiger partial charge in [0.15, 0.2) is 0 Å². The van der Waals surface area contributed by atoms with E-state index in [0.717, 1.165) is 6.42 Å². The molecule has 0 bridgehead atoms. The predicted molar refractivity (Wildman–Crippen MR) is 72.5 cm³/mol. The number of primary amides is 1. The standard InChI is InChI=1S/C12H19N3O3S/c13-9(16)8-14-6-4-12(11(14)18)3-1-5-15(12)10(17)2-7-19/h19H,1-8H2,(H2,13,16). The molecule has 2 saturated heterocycles. The molecule has 0 aliphatic carbocycles. The second kappa shape index (κ2) is 5.40. The molecule has 0 aromatic rings. The maximum absolute atomic E-state index is 12.5. The lowest BCUT2D eigenvalue weighted by Crippen LogP contribution is -2.53. The molecule has 1 spiro atoms. The first-order chi connectivity index (χ1) is 9.01. The summed E-state index contributed by atoms with van der Waals surface area (Å²) < 4.78 is 0. The van der Waals surface area contributed by atoms with Crippen LogP contribution in [0.5, 0.6) is 0 Å². The number of thiol groups is 1. The minimum Gasteiger partial charge on any atom is -0.368 e. The molecule has 2 N–H and O–H groups in total. The molecular formula is C12H19N3O3S. The Balaban J connectivity index is 2.16. The van der Waals surface area contributed by atoms with Crippen molar-refractivity contribution in [1.29, 1.82) is 0 Å². The molecule has 2 aliphatic heterocycles. The summed E-state index contributed by atoms with van der Waals surface area (Å²) in [7, 11) is 0. The Morgan fingerprint density at radius 3 is 2.68 bits per heavy atom. The second-order valence-electron chi connectivity index (χ2n) is 5.10. The lowest BCUT2D eigenvalue weighted by molar-refractivity contribution is -0.147. The van der Waals surface area contributed by atoms with Gasteiger partial charge in [-0.25, -0.2) is 0 Å². The second-order valence-corrected chi connectivity index (χ2v) is 5.54. The van der Waals surface area contributed by atoms with Gasteiger partial charge in [-0.2, -0.15) is 12.6 Å². The van der Waals surface area contributed by atoms with Crippen LogP contribution in [0, 0.1) is 0 Å². The van der Waals surface area contributed by atoms with Crippen LogP contribution >= 0.6 is 12.6 Å². The summed E-state index contributed by atoms with van der Waals surface area (Å²) in [4.78, 5) is 38.7. The Bertz CT molecular complexity index is 415. The fraction of sp³-hybridized carbons (Fsp3) is 0.750. The fourth-order valence-corrected chi connectivity index (χ4v) is 3.31. The molecule has 1 unspecified atom stereocenters. The summed E-state index contributed by atoms with van der Waals surface area (Å²) in [6, 6.07) is 0. The van der Waals surface area contributed by atoms with Gasteiger partial charge in [0, 0.05) is 19.5 Å². The smallest absolute Gasteiger partial charge is 0.249 e. The quantitative estimate of drug-likeness (QED) is 0.676. The highest BCUT2D eigenvalue weighted by atomic mass is 32.1. The van der Waals surface area contributed by atoms with E-state index in [4.69, 9.17) is 5.73 Å². The minimum absolute atomic E-state index is 0.0261. The monoisotopic (exact) mass is 285 g/mol. The van der Waals surface area contributed by atoms with Gasteiger partial charge in [-0.1, -0.05) is 0 Å². The molecule has 19 heavy (non-hydrogen) atoms. The Morgan fingerprint density at radius 1 is 1.32 bits per heavy atom. The minimum atomic E-state index is -0.727. The molecule has 0 saturated carbocycles. The third-order valence-electron chi connectivity index (χ3n) is 3.94. The Kier molecular flexibility index (Phi) is 4.03. The van der Waals surface area contributed by atoms with Crippen molar-refractivity contribution in [2.24, 2.45) is 5.73 Å². The van der Waals surface area contributed by atoms with Gasteiger partial charge in [0.2, 0.25) is 17.7 Å². The van der Waals surface area contributed by atoms with Crippen molar-refractivity contribution in [2.45, 2.75) is 31.2 Å². The molecule has 0 aromatic heterocycles. The van der Waals surface area contributed by atoms with Gasteiger partial charge in [-0.3, -0.25) is 14.4 Å². The van der Waals surface area contributed by atoms with Crippen LogP contribution in [0.4, 0.5) is 0 Å². The summed E-state index contributed by atoms with van der Waals surface area (Å²) in [6.45, 7) is 1.05. The Labute approximate surface area is 117 Å². The number of hydrogen-bond donors (Lipinski definition) is 2. The zero-order valence-corrected chi connectivity index (χ0v) is 11.7. The summed E-state index contributed by atoms with van der Waals surface area (Å²) in [6.07, 6.45) is 2.44. The summed E-state index contributed by atoms with van der Waals surface area (Å²) >= 11 is 4.07. The first-order valence-corrected chi connectivity index (χ1v) is 7.13. The van der Waals surface area contributed by atoms with Gasteiger partial charge < -0.3 is 15.5 Å². The third kappa shape index (κ3) is 2.43. The first kappa shape index (κ1) is 14.2. The van der Waals surface area contributed by atoms with E-state index in [1.165, 1.54) is 4.90 Å². The number of carbonyl (C=O) groups is 3. The predicted octanol–water partition coefficient (Wildman–Crippen LogP) is -0.615. The highest BCUT2D eigenvalue weighted by Gasteiger charge is 2.54. The Hall–Kier alpha value is -1.24. The largest absolute Gasteiger partial charge is 0.368 e. The van der Waals surface area contributed by atoms with Crippen LogP contribution in [0.2, 0.25) is 0 Å². The van der Waals surface area contributed by atoms with Crippen LogP contribution in [0.25, 0.3) is 0 Å². The van der Waals surface area contributed by atoms with E-state index in [-0.39, 0.29) is 18.4 Å². The van der Waals surface area contributed by atoms with Crippen molar-refractivity contribution >= 4 is 30.4 Å². The van der Waals surface area contributed by atoms with Crippen molar-refractivity contribution in [3.63, 3.8) is 0 Å². The normalized spacial score (nSPS) is 26.5. The molecule has 0 radical (unpaired) electrons. The van der Waals surface area contributed by atoms with Crippen LogP contribution in [0.3, 0.4) is 0 Å². The van der Waals surface area contributed by atoms with Crippen LogP contribution in [0.15, 0.2) is 0 Å². The van der Waals surface area contributed by atoms with Crippen molar-refractivity contribution in [3.8, 4) is 0 Å². The van der Waals surface area contributed by atoms with E-state index in [2.05, 4.69) is 12.6 Å². The van der Waals surface area contributed by atoms with Gasteiger partial charge in [-0.05, 0) is 25.0 Å². The number of likely N-dealkylation sites (tertiary alicyclic amines) is 2. The summed E-state index contributed by atoms with van der Waals surface area (Å²) in [5.74, 6) is -0.195. The first-order valence-electron chi connectivity index (χ1n) is 6.50. The van der Waals surface area contributed by atoms with Gasteiger partial charge in [-0.15, -0.1) is 0 Å². The van der Waals surface area contributed by atoms with Crippen molar-refractivity contribution in [2.75, 3.05) is 25.4 Å². The number of amides is 3. The van der Waals surface area contributed by atoms with Crippen LogP contribution in [0.1, 0.15) is 25.7 Å². The number of hydrogen-bond acceptors (Lipinski definition) is 4. The van der Waals surface area contributed by atoms with E-state index in [0.29, 0.717) is 38.1 Å². The van der Waals surface area contributed by atoms with Crippen molar-refractivity contribution < 1.29 is 14.4 Å². The average molecular weight is 285 g/mol. The lowest BCUT2D eigenvalue weighted by atomic mass is 9.94. The molecule has 2 fully saturated rings. The molecule has 2 aliphatic rings. The molecular weight excluding hydrogens is 266 g/mol. The van der Waals surface area contributed by atoms with E-state index < -0.39 is 11.4 Å². The summed E-state index contributed by atoms with van der Waals surface area (Å²) in [5.41, 5.74) is 4.41. The average Bonchev–Trinajstić information content (AvgIpc) is 2.89. The topological polar surface area (TPSA) is 83.7 Å². The molecule has 0 aromatic carbocycles. The maximum atomic E-state index is 12.5. The van der Waals surface area contributed by atoms with E-state index in [1.807, 2.05) is 0 Å². The zero-order chi connectivity index (χ0) is 14.0. The van der Waals surface area contributed by atoms with E-state index >= 15 is 0 Å².